The molecule has 0 aliphatic heterocycles. The smallest absolute Gasteiger partial charge is 0.219 e. The normalized spacial score (nSPS) is 10.7. The average Bonchev–Trinajstić information content (AvgIpc) is 2.75. The minimum atomic E-state index is -0.350. The molecule has 3 aromatic rings. The van der Waals surface area contributed by atoms with Crippen LogP contribution >= 0.6 is 24.0 Å². The van der Waals surface area contributed by atoms with Gasteiger partial charge in [-0.2, -0.15) is 0 Å². The van der Waals surface area contributed by atoms with Crippen LogP contribution in [-0.4, -0.2) is 25.1 Å². The number of halogens is 2. The number of ether oxygens (including phenoxy) is 2. The van der Waals surface area contributed by atoms with Gasteiger partial charge in [-0.1, -0.05) is 24.3 Å². The van der Waals surface area contributed by atoms with Crippen LogP contribution < -0.4 is 20.1 Å². The molecule has 30 heavy (non-hydrogen) atoms. The van der Waals surface area contributed by atoms with Gasteiger partial charge in [0.15, 0.2) is 5.96 Å². The summed E-state index contributed by atoms with van der Waals surface area (Å²) in [5.74, 6) is 1.97. The molecule has 1 heterocycles. The van der Waals surface area contributed by atoms with Crippen LogP contribution in [0.3, 0.4) is 0 Å². The highest BCUT2D eigenvalue weighted by molar-refractivity contribution is 14.0. The number of nitrogens with one attached hydrogen (secondary N) is 2. The Balaban J connectivity index is 0.00000320. The standard InChI is InChI=1S/C22H23FN4O2.HI/c1-24-22(26-13-16-6-9-19(28-2)10-7-16)27-15-17-8-11-21(25-14-17)29-20-5-3-4-18(23)12-20;/h3-12,14H,13,15H2,1-2H3,(H2,24,26,27);1H. The van der Waals surface area contributed by atoms with Crippen LogP contribution in [0, 0.1) is 5.82 Å². The molecule has 0 bridgehead atoms. The van der Waals surface area contributed by atoms with Crippen LogP contribution in [0.5, 0.6) is 17.4 Å². The Morgan fingerprint density at radius 2 is 1.67 bits per heavy atom. The van der Waals surface area contributed by atoms with Gasteiger partial charge in [-0.3, -0.25) is 4.99 Å². The first-order chi connectivity index (χ1) is 14.2. The lowest BCUT2D eigenvalue weighted by Gasteiger charge is -2.12. The van der Waals surface area contributed by atoms with Crippen molar-refractivity contribution in [3.63, 3.8) is 0 Å². The SMILES string of the molecule is CN=C(NCc1ccc(OC)cc1)NCc1ccc(Oc2cccc(F)c2)nc1.I. The van der Waals surface area contributed by atoms with Crippen molar-refractivity contribution < 1.29 is 13.9 Å². The second kappa shape index (κ2) is 12.0. The maximum Gasteiger partial charge on any atom is 0.219 e. The summed E-state index contributed by atoms with van der Waals surface area (Å²) in [6, 6.07) is 17.4. The molecule has 2 aromatic carbocycles. The van der Waals surface area contributed by atoms with E-state index in [1.165, 1.54) is 12.1 Å². The number of guanidine groups is 1. The van der Waals surface area contributed by atoms with Crippen molar-refractivity contribution in [1.82, 2.24) is 15.6 Å². The van der Waals surface area contributed by atoms with Crippen LogP contribution in [0.15, 0.2) is 71.9 Å². The maximum absolute atomic E-state index is 13.2. The lowest BCUT2D eigenvalue weighted by atomic mass is 10.2. The van der Waals surface area contributed by atoms with Gasteiger partial charge in [0.05, 0.1) is 7.11 Å². The van der Waals surface area contributed by atoms with Crippen LogP contribution in [0.2, 0.25) is 0 Å². The van der Waals surface area contributed by atoms with Crippen molar-refractivity contribution in [2.75, 3.05) is 14.2 Å². The highest BCUT2D eigenvalue weighted by atomic mass is 127. The second-order valence-electron chi connectivity index (χ2n) is 6.19. The summed E-state index contributed by atoms with van der Waals surface area (Å²) in [6.07, 6.45) is 1.71. The molecule has 6 nitrogen and oxygen atoms in total. The van der Waals surface area contributed by atoms with E-state index in [-0.39, 0.29) is 29.8 Å². The number of pyridine rings is 1. The van der Waals surface area contributed by atoms with Crippen LogP contribution in [0.4, 0.5) is 4.39 Å². The van der Waals surface area contributed by atoms with Gasteiger partial charge in [0.25, 0.3) is 0 Å². The van der Waals surface area contributed by atoms with Gasteiger partial charge >= 0.3 is 0 Å². The summed E-state index contributed by atoms with van der Waals surface area (Å²) in [4.78, 5) is 8.48. The van der Waals surface area contributed by atoms with Gasteiger partial charge in [0.1, 0.15) is 17.3 Å². The van der Waals surface area contributed by atoms with E-state index in [9.17, 15) is 4.39 Å². The Hall–Kier alpha value is -2.88. The van der Waals surface area contributed by atoms with Crippen LogP contribution in [0.1, 0.15) is 11.1 Å². The van der Waals surface area contributed by atoms with Crippen molar-refractivity contribution in [2.24, 2.45) is 4.99 Å². The van der Waals surface area contributed by atoms with E-state index in [4.69, 9.17) is 9.47 Å². The summed E-state index contributed by atoms with van der Waals surface area (Å²) in [7, 11) is 3.37. The number of aliphatic imine (C=N–C) groups is 1. The Morgan fingerprint density at radius 3 is 2.27 bits per heavy atom. The molecule has 0 fully saturated rings. The van der Waals surface area contributed by atoms with E-state index in [0.717, 1.165) is 16.9 Å². The molecule has 1 aromatic heterocycles. The first-order valence-electron chi connectivity index (χ1n) is 9.12. The topological polar surface area (TPSA) is 67.8 Å². The summed E-state index contributed by atoms with van der Waals surface area (Å²) in [6.45, 7) is 1.19. The minimum absolute atomic E-state index is 0. The van der Waals surface area contributed by atoms with E-state index in [1.807, 2.05) is 30.3 Å². The summed E-state index contributed by atoms with van der Waals surface area (Å²) in [5, 5.41) is 6.50. The average molecular weight is 522 g/mol. The number of nitrogens with zero attached hydrogens (tertiary/aromatic N) is 2. The van der Waals surface area contributed by atoms with E-state index in [0.29, 0.717) is 30.7 Å². The fourth-order valence-electron chi connectivity index (χ4n) is 2.56. The zero-order valence-corrected chi connectivity index (χ0v) is 19.1. The molecule has 0 spiro atoms. The van der Waals surface area contributed by atoms with Gasteiger partial charge < -0.3 is 20.1 Å². The van der Waals surface area contributed by atoms with E-state index in [1.54, 1.807) is 38.6 Å². The van der Waals surface area contributed by atoms with Crippen LogP contribution in [0.25, 0.3) is 0 Å². The highest BCUT2D eigenvalue weighted by Gasteiger charge is 2.03. The summed E-state index contributed by atoms with van der Waals surface area (Å²) < 4.78 is 23.9. The van der Waals surface area contributed by atoms with Crippen molar-refractivity contribution in [3.8, 4) is 17.4 Å². The molecule has 3 rings (SSSR count). The van der Waals surface area contributed by atoms with Crippen molar-refractivity contribution in [3.05, 3.63) is 83.8 Å². The fourth-order valence-corrected chi connectivity index (χ4v) is 2.56. The molecule has 0 radical (unpaired) electrons. The third-order valence-electron chi connectivity index (χ3n) is 4.12. The third kappa shape index (κ3) is 7.18. The van der Waals surface area contributed by atoms with Gasteiger partial charge in [-0.25, -0.2) is 9.37 Å². The monoisotopic (exact) mass is 522 g/mol. The van der Waals surface area contributed by atoms with Gasteiger partial charge in [0, 0.05) is 38.5 Å². The van der Waals surface area contributed by atoms with Crippen LogP contribution in [-0.2, 0) is 13.1 Å². The molecular weight excluding hydrogens is 498 g/mol. The first-order valence-corrected chi connectivity index (χ1v) is 9.12. The Bertz CT molecular complexity index is 950. The van der Waals surface area contributed by atoms with Crippen molar-refractivity contribution in [2.45, 2.75) is 13.1 Å². The minimum Gasteiger partial charge on any atom is -0.497 e. The van der Waals surface area contributed by atoms with Crippen molar-refractivity contribution in [1.29, 1.82) is 0 Å². The maximum atomic E-state index is 13.2. The molecule has 0 aliphatic carbocycles. The lowest BCUT2D eigenvalue weighted by molar-refractivity contribution is 0.414. The molecule has 0 amide bonds. The number of aromatic nitrogens is 1. The van der Waals surface area contributed by atoms with Gasteiger partial charge in [-0.05, 0) is 35.4 Å². The summed E-state index contributed by atoms with van der Waals surface area (Å²) >= 11 is 0. The third-order valence-corrected chi connectivity index (χ3v) is 4.12. The predicted octanol–water partition coefficient (Wildman–Crippen LogP) is 4.50. The predicted molar refractivity (Wildman–Crippen MR) is 126 cm³/mol. The van der Waals surface area contributed by atoms with Gasteiger partial charge in [0.2, 0.25) is 5.88 Å². The molecule has 0 saturated heterocycles. The Labute approximate surface area is 192 Å². The van der Waals surface area contributed by atoms with E-state index in [2.05, 4.69) is 20.6 Å². The number of rotatable bonds is 7. The molecule has 0 aliphatic rings. The van der Waals surface area contributed by atoms with Crippen molar-refractivity contribution >= 4 is 29.9 Å². The molecule has 158 valence electrons. The molecule has 0 saturated carbocycles. The zero-order valence-electron chi connectivity index (χ0n) is 16.8. The summed E-state index contributed by atoms with van der Waals surface area (Å²) in [5.41, 5.74) is 2.08. The Kier molecular flexibility index (Phi) is 9.33. The molecule has 2 N–H and O–H groups in total. The lowest BCUT2D eigenvalue weighted by Crippen LogP contribution is -2.36. The number of methoxy groups -OCH3 is 1. The highest BCUT2D eigenvalue weighted by Crippen LogP contribution is 2.20. The van der Waals surface area contributed by atoms with E-state index < -0.39 is 0 Å². The number of benzene rings is 2. The largest absolute Gasteiger partial charge is 0.497 e. The number of hydrogen-bond acceptors (Lipinski definition) is 4. The zero-order chi connectivity index (χ0) is 20.5. The number of hydrogen-bond donors (Lipinski definition) is 2. The quantitative estimate of drug-likeness (QED) is 0.272. The molecule has 0 unspecified atom stereocenters. The first kappa shape index (κ1) is 23.4. The second-order valence-corrected chi connectivity index (χ2v) is 6.19. The fraction of sp³-hybridized carbons (Fsp3) is 0.182. The Morgan fingerprint density at radius 1 is 0.967 bits per heavy atom. The van der Waals surface area contributed by atoms with E-state index >= 15 is 0 Å². The molecule has 0 atom stereocenters. The molecular formula is C22H24FIN4O2. The molecule has 8 heteroatoms. The van der Waals surface area contributed by atoms with Gasteiger partial charge in [-0.15, -0.1) is 24.0 Å².